The van der Waals surface area contributed by atoms with Crippen LogP contribution in [0.25, 0.3) is 6.08 Å². The molecule has 118 valence electrons. The van der Waals surface area contributed by atoms with Crippen LogP contribution < -0.4 is 0 Å². The molecule has 1 aromatic rings. The Morgan fingerprint density at radius 1 is 1.09 bits per heavy atom. The average Bonchev–Trinajstić information content (AvgIpc) is 2.76. The van der Waals surface area contributed by atoms with E-state index >= 15 is 0 Å². The maximum absolute atomic E-state index is 12.5. The topological polar surface area (TPSA) is 40.6 Å². The molecule has 0 aromatic heterocycles. The summed E-state index contributed by atoms with van der Waals surface area (Å²) in [6.07, 6.45) is 3.81. The van der Waals surface area contributed by atoms with E-state index in [9.17, 15) is 9.59 Å². The highest BCUT2D eigenvalue weighted by Gasteiger charge is 2.35. The number of imide groups is 1. The summed E-state index contributed by atoms with van der Waals surface area (Å²) >= 11 is 1.03. The number of hydrogen-bond donors (Lipinski definition) is 0. The minimum absolute atomic E-state index is 0.176. The molecule has 1 saturated heterocycles. The minimum Gasteiger partial charge on any atom is -0.286 e. The highest BCUT2D eigenvalue weighted by atomic mass is 32.2. The Bertz CT molecular complexity index is 551. The van der Waals surface area contributed by atoms with Crippen molar-refractivity contribution in [3.63, 3.8) is 0 Å². The molecule has 1 aromatic carbocycles. The lowest BCUT2D eigenvalue weighted by Crippen LogP contribution is -2.41. The molecule has 0 N–H and O–H groups in total. The zero-order valence-electron chi connectivity index (χ0n) is 13.1. The number of thioether (sulfide) groups is 1. The van der Waals surface area contributed by atoms with E-state index < -0.39 is 0 Å². The van der Waals surface area contributed by atoms with Gasteiger partial charge in [0.1, 0.15) is 0 Å². The molecule has 0 spiro atoms. The normalized spacial score (nSPS) is 17.0. The summed E-state index contributed by atoms with van der Waals surface area (Å²) in [7, 11) is 0. The van der Waals surface area contributed by atoms with Crippen molar-refractivity contribution in [1.82, 2.24) is 9.80 Å². The van der Waals surface area contributed by atoms with Crippen LogP contribution in [0.3, 0.4) is 0 Å². The van der Waals surface area contributed by atoms with Crippen LogP contribution in [-0.2, 0) is 4.79 Å². The van der Waals surface area contributed by atoms with E-state index in [4.69, 9.17) is 0 Å². The highest BCUT2D eigenvalue weighted by molar-refractivity contribution is 8.18. The van der Waals surface area contributed by atoms with Crippen LogP contribution in [0, 0.1) is 0 Å². The van der Waals surface area contributed by atoms with Crippen molar-refractivity contribution >= 4 is 29.0 Å². The predicted octanol–water partition coefficient (Wildman–Crippen LogP) is 3.80. The van der Waals surface area contributed by atoms with Crippen LogP contribution in [0.15, 0.2) is 35.2 Å². The quantitative estimate of drug-likeness (QED) is 0.717. The van der Waals surface area contributed by atoms with Crippen molar-refractivity contribution in [3.05, 3.63) is 40.8 Å². The summed E-state index contributed by atoms with van der Waals surface area (Å²) in [4.78, 5) is 28.6. The van der Waals surface area contributed by atoms with Gasteiger partial charge < -0.3 is 0 Å². The molecule has 22 heavy (non-hydrogen) atoms. The third-order valence-electron chi connectivity index (χ3n) is 3.39. The van der Waals surface area contributed by atoms with E-state index in [1.54, 1.807) is 6.08 Å². The Hall–Kier alpha value is -1.59. The first kappa shape index (κ1) is 16.8. The molecule has 1 aliphatic rings. The summed E-state index contributed by atoms with van der Waals surface area (Å²) in [5, 5.41) is -0.176. The van der Waals surface area contributed by atoms with E-state index in [1.807, 2.05) is 30.3 Å². The van der Waals surface area contributed by atoms with Crippen molar-refractivity contribution in [2.45, 2.75) is 26.7 Å². The van der Waals surface area contributed by atoms with E-state index in [0.29, 0.717) is 11.6 Å². The van der Waals surface area contributed by atoms with Crippen LogP contribution >= 0.6 is 11.8 Å². The van der Waals surface area contributed by atoms with Crippen molar-refractivity contribution in [3.8, 4) is 0 Å². The Kier molecular flexibility index (Phi) is 6.21. The molecular formula is C17H22N2O2S. The number of carbonyl (C=O) groups excluding carboxylic acids is 2. The first-order valence-corrected chi connectivity index (χ1v) is 8.50. The summed E-state index contributed by atoms with van der Waals surface area (Å²) < 4.78 is 0. The standard InChI is InChI=1S/C17H22N2O2S/c1-3-10-18(11-4-2)13-19-16(20)15(22-17(19)21)12-14-8-6-5-7-9-14/h5-9,12H,3-4,10-11,13H2,1-2H3/b15-12+. The molecule has 0 saturated carbocycles. The Balaban J connectivity index is 2.10. The second-order valence-corrected chi connectivity index (χ2v) is 6.27. The van der Waals surface area contributed by atoms with Crippen molar-refractivity contribution in [2.75, 3.05) is 19.8 Å². The Morgan fingerprint density at radius 3 is 2.32 bits per heavy atom. The van der Waals surface area contributed by atoms with E-state index in [2.05, 4.69) is 18.7 Å². The molecule has 1 aliphatic heterocycles. The molecule has 5 heteroatoms. The van der Waals surface area contributed by atoms with Crippen LogP contribution in [0.2, 0.25) is 0 Å². The van der Waals surface area contributed by atoms with Gasteiger partial charge in [-0.25, -0.2) is 0 Å². The average molecular weight is 318 g/mol. The monoisotopic (exact) mass is 318 g/mol. The van der Waals surface area contributed by atoms with Gasteiger partial charge in [0.2, 0.25) is 0 Å². The van der Waals surface area contributed by atoms with Crippen LogP contribution in [0.5, 0.6) is 0 Å². The molecule has 2 rings (SSSR count). The fourth-order valence-corrected chi connectivity index (χ4v) is 3.24. The number of rotatable bonds is 7. The van der Waals surface area contributed by atoms with E-state index in [-0.39, 0.29) is 11.1 Å². The lowest BCUT2D eigenvalue weighted by atomic mass is 10.2. The molecule has 0 unspecified atom stereocenters. The molecular weight excluding hydrogens is 296 g/mol. The molecule has 0 bridgehead atoms. The van der Waals surface area contributed by atoms with E-state index in [1.165, 1.54) is 4.90 Å². The van der Waals surface area contributed by atoms with Gasteiger partial charge in [0.15, 0.2) is 0 Å². The van der Waals surface area contributed by atoms with Gasteiger partial charge >= 0.3 is 0 Å². The second kappa shape index (κ2) is 8.15. The fourth-order valence-electron chi connectivity index (χ4n) is 2.41. The van der Waals surface area contributed by atoms with Crippen molar-refractivity contribution in [2.24, 2.45) is 0 Å². The van der Waals surface area contributed by atoms with Crippen LogP contribution in [0.1, 0.15) is 32.3 Å². The minimum atomic E-state index is -0.184. The predicted molar refractivity (Wildman–Crippen MR) is 91.3 cm³/mol. The third-order valence-corrected chi connectivity index (χ3v) is 4.30. The highest BCUT2D eigenvalue weighted by Crippen LogP contribution is 2.32. The number of hydrogen-bond acceptors (Lipinski definition) is 4. The van der Waals surface area contributed by atoms with Gasteiger partial charge in [0, 0.05) is 0 Å². The zero-order valence-corrected chi connectivity index (χ0v) is 13.9. The van der Waals surface area contributed by atoms with Crippen molar-refractivity contribution in [1.29, 1.82) is 0 Å². The number of nitrogens with zero attached hydrogens (tertiary/aromatic N) is 2. The van der Waals surface area contributed by atoms with Gasteiger partial charge in [-0.1, -0.05) is 44.2 Å². The van der Waals surface area contributed by atoms with Crippen LogP contribution in [0.4, 0.5) is 4.79 Å². The van der Waals surface area contributed by atoms with Gasteiger partial charge in [0.05, 0.1) is 11.6 Å². The third kappa shape index (κ3) is 4.21. The van der Waals surface area contributed by atoms with Gasteiger partial charge in [0.25, 0.3) is 11.1 Å². The summed E-state index contributed by atoms with van der Waals surface area (Å²) in [5.74, 6) is -0.184. The maximum Gasteiger partial charge on any atom is 0.294 e. The van der Waals surface area contributed by atoms with Gasteiger partial charge in [-0.2, -0.15) is 0 Å². The largest absolute Gasteiger partial charge is 0.294 e. The van der Waals surface area contributed by atoms with E-state index in [0.717, 1.165) is 43.3 Å². The summed E-state index contributed by atoms with van der Waals surface area (Å²) in [6, 6.07) is 9.61. The van der Waals surface area contributed by atoms with Gasteiger partial charge in [-0.3, -0.25) is 19.4 Å². The number of benzene rings is 1. The molecule has 0 radical (unpaired) electrons. The molecule has 1 heterocycles. The lowest BCUT2D eigenvalue weighted by Gasteiger charge is -2.25. The van der Waals surface area contributed by atoms with Crippen molar-refractivity contribution < 1.29 is 9.59 Å². The van der Waals surface area contributed by atoms with Gasteiger partial charge in [-0.15, -0.1) is 0 Å². The first-order valence-electron chi connectivity index (χ1n) is 7.68. The SMILES string of the molecule is CCCN(CCC)CN1C(=O)S/C(=C/c2ccccc2)C1=O. The number of amides is 2. The first-order chi connectivity index (χ1) is 10.7. The molecule has 0 atom stereocenters. The number of carbonyl (C=O) groups is 2. The molecule has 2 amide bonds. The van der Waals surface area contributed by atoms with Crippen LogP contribution in [-0.4, -0.2) is 40.7 Å². The molecule has 4 nitrogen and oxygen atoms in total. The molecule has 1 fully saturated rings. The second-order valence-electron chi connectivity index (χ2n) is 5.28. The zero-order chi connectivity index (χ0) is 15.9. The Labute approximate surface area is 136 Å². The Morgan fingerprint density at radius 2 is 1.73 bits per heavy atom. The summed E-state index contributed by atoms with van der Waals surface area (Å²) in [6.45, 7) is 6.39. The smallest absolute Gasteiger partial charge is 0.286 e. The van der Waals surface area contributed by atoms with Gasteiger partial charge in [-0.05, 0) is 49.3 Å². The molecule has 0 aliphatic carbocycles. The fraction of sp³-hybridized carbons (Fsp3) is 0.412. The lowest BCUT2D eigenvalue weighted by molar-refractivity contribution is -0.124. The maximum atomic E-state index is 12.5. The summed E-state index contributed by atoms with van der Waals surface area (Å²) in [5.41, 5.74) is 0.937.